The summed E-state index contributed by atoms with van der Waals surface area (Å²) in [5.41, 5.74) is 2.65. The molecule has 126 valence electrons. The molecule has 0 radical (unpaired) electrons. The molecule has 0 saturated carbocycles. The molecule has 24 heavy (non-hydrogen) atoms. The summed E-state index contributed by atoms with van der Waals surface area (Å²) in [5.74, 6) is 0.901. The van der Waals surface area contributed by atoms with Crippen molar-refractivity contribution in [1.29, 1.82) is 0 Å². The smallest absolute Gasteiger partial charge is 0.258 e. The summed E-state index contributed by atoms with van der Waals surface area (Å²) in [6.07, 6.45) is 0.708. The molecule has 2 aromatic carbocycles. The Kier molecular flexibility index (Phi) is 4.74. The maximum Gasteiger partial charge on any atom is 0.258 e. The maximum absolute atomic E-state index is 13.1. The van der Waals surface area contributed by atoms with Gasteiger partial charge in [0, 0.05) is 11.7 Å². The lowest BCUT2D eigenvalue weighted by atomic mass is 10.0. The summed E-state index contributed by atoms with van der Waals surface area (Å²) in [6.45, 7) is 6.79. The number of anilines is 1. The van der Waals surface area contributed by atoms with Crippen LogP contribution in [0.15, 0.2) is 48.5 Å². The number of carbonyl (C=O) groups excluding carboxylic acids is 1. The zero-order valence-corrected chi connectivity index (χ0v) is 14.5. The number of para-hydroxylation sites is 1. The van der Waals surface area contributed by atoms with E-state index in [2.05, 4.69) is 19.2 Å². The van der Waals surface area contributed by atoms with Gasteiger partial charge in [0.15, 0.2) is 0 Å². The van der Waals surface area contributed by atoms with Crippen LogP contribution in [0.5, 0.6) is 5.75 Å². The second-order valence-electron chi connectivity index (χ2n) is 6.07. The minimum absolute atomic E-state index is 0.0745. The molecule has 0 bridgehead atoms. The number of fused-ring (bicyclic) bond motifs is 1. The van der Waals surface area contributed by atoms with E-state index in [1.54, 1.807) is 0 Å². The second kappa shape index (κ2) is 6.95. The SMILES string of the molecule is CCOc1cccc(C2Nc3ccccc3C(=O)N2C(C)CC)c1. The van der Waals surface area contributed by atoms with Crippen molar-refractivity contribution in [2.45, 2.75) is 39.4 Å². The third-order valence-electron chi connectivity index (χ3n) is 4.51. The lowest BCUT2D eigenvalue weighted by Crippen LogP contribution is -2.47. The highest BCUT2D eigenvalue weighted by atomic mass is 16.5. The number of rotatable bonds is 5. The first-order valence-corrected chi connectivity index (χ1v) is 8.56. The van der Waals surface area contributed by atoms with E-state index in [0.717, 1.165) is 29.0 Å². The highest BCUT2D eigenvalue weighted by molar-refractivity contribution is 6.01. The van der Waals surface area contributed by atoms with Gasteiger partial charge in [-0.1, -0.05) is 31.2 Å². The van der Waals surface area contributed by atoms with E-state index in [9.17, 15) is 4.79 Å². The van der Waals surface area contributed by atoms with Crippen molar-refractivity contribution in [3.63, 3.8) is 0 Å². The zero-order valence-electron chi connectivity index (χ0n) is 14.5. The van der Waals surface area contributed by atoms with Gasteiger partial charge in [0.05, 0.1) is 12.2 Å². The Bertz CT molecular complexity index is 729. The first-order valence-electron chi connectivity index (χ1n) is 8.56. The molecule has 0 aliphatic carbocycles. The number of carbonyl (C=O) groups is 1. The number of ether oxygens (including phenoxy) is 1. The summed E-state index contributed by atoms with van der Waals surface area (Å²) in [6, 6.07) is 15.8. The minimum atomic E-state index is -0.192. The van der Waals surface area contributed by atoms with E-state index in [4.69, 9.17) is 4.74 Å². The molecule has 2 unspecified atom stereocenters. The fourth-order valence-electron chi connectivity index (χ4n) is 3.11. The molecule has 1 N–H and O–H groups in total. The second-order valence-corrected chi connectivity index (χ2v) is 6.07. The maximum atomic E-state index is 13.1. The first-order chi connectivity index (χ1) is 11.7. The van der Waals surface area contributed by atoms with Gasteiger partial charge in [0.25, 0.3) is 5.91 Å². The summed E-state index contributed by atoms with van der Waals surface area (Å²) >= 11 is 0. The highest BCUT2D eigenvalue weighted by Gasteiger charge is 2.35. The lowest BCUT2D eigenvalue weighted by Gasteiger charge is -2.41. The monoisotopic (exact) mass is 324 g/mol. The van der Waals surface area contributed by atoms with Crippen LogP contribution in [0.1, 0.15) is 49.3 Å². The molecule has 4 heteroatoms. The molecule has 1 aliphatic heterocycles. The summed E-state index contributed by atoms with van der Waals surface area (Å²) in [5, 5.41) is 3.53. The quantitative estimate of drug-likeness (QED) is 0.883. The normalized spacial score (nSPS) is 17.9. The number of nitrogens with zero attached hydrogens (tertiary/aromatic N) is 1. The van der Waals surface area contributed by atoms with Crippen LogP contribution < -0.4 is 10.1 Å². The van der Waals surface area contributed by atoms with Crippen molar-refractivity contribution in [3.05, 3.63) is 59.7 Å². The van der Waals surface area contributed by atoms with E-state index in [1.165, 1.54) is 0 Å². The van der Waals surface area contributed by atoms with Crippen LogP contribution in [0.25, 0.3) is 0 Å². The Hall–Kier alpha value is -2.49. The Morgan fingerprint density at radius 2 is 1.96 bits per heavy atom. The van der Waals surface area contributed by atoms with E-state index in [0.29, 0.717) is 6.61 Å². The van der Waals surface area contributed by atoms with Crippen molar-refractivity contribution in [2.75, 3.05) is 11.9 Å². The molecule has 0 spiro atoms. The van der Waals surface area contributed by atoms with Crippen molar-refractivity contribution < 1.29 is 9.53 Å². The van der Waals surface area contributed by atoms with Gasteiger partial charge >= 0.3 is 0 Å². The lowest BCUT2D eigenvalue weighted by molar-refractivity contribution is 0.0593. The van der Waals surface area contributed by atoms with Crippen molar-refractivity contribution in [1.82, 2.24) is 4.90 Å². The number of hydrogen-bond donors (Lipinski definition) is 1. The van der Waals surface area contributed by atoms with Gasteiger partial charge in [0.1, 0.15) is 11.9 Å². The third-order valence-corrected chi connectivity index (χ3v) is 4.51. The third kappa shape index (κ3) is 2.96. The molecule has 1 aliphatic rings. The van der Waals surface area contributed by atoms with Gasteiger partial charge in [-0.25, -0.2) is 0 Å². The molecule has 0 saturated heterocycles. The molecule has 2 aromatic rings. The van der Waals surface area contributed by atoms with Crippen LogP contribution >= 0.6 is 0 Å². The van der Waals surface area contributed by atoms with Gasteiger partial charge in [-0.15, -0.1) is 0 Å². The van der Waals surface area contributed by atoms with Crippen LogP contribution in [-0.2, 0) is 0 Å². The van der Waals surface area contributed by atoms with Crippen LogP contribution in [0, 0.1) is 0 Å². The average molecular weight is 324 g/mol. The molecule has 0 aromatic heterocycles. The van der Waals surface area contributed by atoms with Crippen molar-refractivity contribution in [3.8, 4) is 5.75 Å². The molecule has 4 nitrogen and oxygen atoms in total. The van der Waals surface area contributed by atoms with E-state index in [1.807, 2.05) is 60.4 Å². The number of hydrogen-bond acceptors (Lipinski definition) is 3. The molecule has 3 rings (SSSR count). The molecule has 1 amide bonds. The average Bonchev–Trinajstić information content (AvgIpc) is 2.61. The van der Waals surface area contributed by atoms with Crippen LogP contribution in [-0.4, -0.2) is 23.5 Å². The van der Waals surface area contributed by atoms with Gasteiger partial charge in [-0.3, -0.25) is 4.79 Å². The Morgan fingerprint density at radius 3 is 2.71 bits per heavy atom. The van der Waals surface area contributed by atoms with Gasteiger partial charge < -0.3 is 15.0 Å². The fraction of sp³-hybridized carbons (Fsp3) is 0.350. The molecule has 0 fully saturated rings. The van der Waals surface area contributed by atoms with Gasteiger partial charge in [-0.05, 0) is 50.1 Å². The largest absolute Gasteiger partial charge is 0.494 e. The Morgan fingerprint density at radius 1 is 1.17 bits per heavy atom. The predicted octanol–water partition coefficient (Wildman–Crippen LogP) is 4.45. The van der Waals surface area contributed by atoms with Crippen LogP contribution in [0.4, 0.5) is 5.69 Å². The van der Waals surface area contributed by atoms with Crippen LogP contribution in [0.3, 0.4) is 0 Å². The van der Waals surface area contributed by atoms with Crippen LogP contribution in [0.2, 0.25) is 0 Å². The van der Waals surface area contributed by atoms with E-state index in [-0.39, 0.29) is 18.1 Å². The molecular weight excluding hydrogens is 300 g/mol. The first kappa shape index (κ1) is 16.4. The summed E-state index contributed by atoms with van der Waals surface area (Å²) in [4.78, 5) is 15.0. The van der Waals surface area contributed by atoms with Crippen molar-refractivity contribution >= 4 is 11.6 Å². The number of nitrogens with one attached hydrogen (secondary N) is 1. The van der Waals surface area contributed by atoms with Gasteiger partial charge in [0.2, 0.25) is 0 Å². The topological polar surface area (TPSA) is 41.6 Å². The van der Waals surface area contributed by atoms with E-state index < -0.39 is 0 Å². The Balaban J connectivity index is 2.04. The number of benzene rings is 2. The standard InChI is InChI=1S/C20H24N2O2/c1-4-14(3)22-19(15-9-8-10-16(13-15)24-5-2)21-18-12-7-6-11-17(18)20(22)23/h6-14,19,21H,4-5H2,1-3H3. The van der Waals surface area contributed by atoms with Gasteiger partial charge in [-0.2, -0.15) is 0 Å². The highest BCUT2D eigenvalue weighted by Crippen LogP contribution is 2.35. The summed E-state index contributed by atoms with van der Waals surface area (Å²) in [7, 11) is 0. The predicted molar refractivity (Wildman–Crippen MR) is 96.3 cm³/mol. The Labute approximate surface area is 143 Å². The van der Waals surface area contributed by atoms with E-state index >= 15 is 0 Å². The summed E-state index contributed by atoms with van der Waals surface area (Å²) < 4.78 is 5.62. The number of amides is 1. The minimum Gasteiger partial charge on any atom is -0.494 e. The molecular formula is C20H24N2O2. The molecule has 2 atom stereocenters. The zero-order chi connectivity index (χ0) is 17.1. The fourth-order valence-corrected chi connectivity index (χ4v) is 3.11. The van der Waals surface area contributed by atoms with Crippen molar-refractivity contribution in [2.24, 2.45) is 0 Å². The molecule has 1 heterocycles.